The van der Waals surface area contributed by atoms with Crippen molar-refractivity contribution >= 4 is 73.8 Å². The number of nitrogens with one attached hydrogen (secondary N) is 1. The van der Waals surface area contributed by atoms with Gasteiger partial charge >= 0.3 is 0 Å². The van der Waals surface area contributed by atoms with Crippen molar-refractivity contribution in [1.29, 1.82) is 0 Å². The maximum absolute atomic E-state index is 4.18. The van der Waals surface area contributed by atoms with E-state index < -0.39 is 0 Å². The van der Waals surface area contributed by atoms with Gasteiger partial charge in [0.15, 0.2) is 0 Å². The van der Waals surface area contributed by atoms with E-state index in [0.29, 0.717) is 0 Å². The molecule has 0 atom stereocenters. The molecule has 0 bridgehead atoms. The topological polar surface area (TPSA) is 29.3 Å². The minimum absolute atomic E-state index is 0.834. The molecule has 2 aromatic heterocycles. The molecule has 3 nitrogen and oxygen atoms in total. The van der Waals surface area contributed by atoms with Crippen LogP contribution < -0.4 is 15.1 Å². The van der Waals surface area contributed by atoms with E-state index in [1.54, 1.807) is 0 Å². The Morgan fingerprint density at radius 2 is 1.66 bits per heavy atom. The van der Waals surface area contributed by atoms with Gasteiger partial charge in [0.1, 0.15) is 0 Å². The fraction of sp³-hybridized carbons (Fsp3) is 0.125. The molecule has 2 heterocycles. The number of fused-ring (bicyclic) bond motifs is 6. The summed E-state index contributed by atoms with van der Waals surface area (Å²) in [6.07, 6.45) is 23.7. The van der Waals surface area contributed by atoms with Crippen LogP contribution in [0.15, 0.2) is 126 Å². The number of anilines is 1. The molecule has 0 saturated heterocycles. The Morgan fingerprint density at radius 1 is 0.818 bits per heavy atom. The Kier molecular flexibility index (Phi) is 6.85. The Morgan fingerprint density at radius 3 is 2.59 bits per heavy atom. The zero-order chi connectivity index (χ0) is 29.5. The molecule has 1 N–H and O–H groups in total. The average Bonchev–Trinajstić information content (AvgIpc) is 3.24. The van der Waals surface area contributed by atoms with Crippen LogP contribution in [-0.2, 0) is 6.42 Å². The van der Waals surface area contributed by atoms with Gasteiger partial charge in [-0.2, -0.15) is 0 Å². The fourth-order valence-electron chi connectivity index (χ4n) is 6.84. The summed E-state index contributed by atoms with van der Waals surface area (Å²) in [6, 6.07) is 25.7. The van der Waals surface area contributed by atoms with E-state index in [1.807, 2.05) is 35.6 Å². The summed E-state index contributed by atoms with van der Waals surface area (Å²) in [5.41, 5.74) is 10.9. The lowest BCUT2D eigenvalue weighted by Crippen LogP contribution is -2.21. The van der Waals surface area contributed by atoms with E-state index in [-0.39, 0.29) is 0 Å². The predicted octanol–water partition coefficient (Wildman–Crippen LogP) is 9.30. The average molecular weight is 588 g/mol. The Labute approximate surface area is 261 Å². The number of para-hydroxylation sites is 3. The Bertz CT molecular complexity index is 2250. The number of aromatic nitrogens is 1. The molecular formula is C40H33N3S. The maximum atomic E-state index is 4.18. The number of nitrogens with zero attached hydrogens (tertiary/aromatic N) is 2. The van der Waals surface area contributed by atoms with Crippen molar-refractivity contribution in [1.82, 2.24) is 4.57 Å². The number of rotatable bonds is 5. The highest BCUT2D eigenvalue weighted by Crippen LogP contribution is 2.36. The molecule has 3 aliphatic carbocycles. The number of allylic oxidation sites excluding steroid dienone is 8. The lowest BCUT2D eigenvalue weighted by atomic mass is 9.99. The summed E-state index contributed by atoms with van der Waals surface area (Å²) in [7, 11) is 0. The van der Waals surface area contributed by atoms with E-state index in [1.165, 1.54) is 65.3 Å². The quantitative estimate of drug-likeness (QED) is 0.204. The molecule has 0 aliphatic heterocycles. The maximum Gasteiger partial charge on any atom is 0.0857 e. The van der Waals surface area contributed by atoms with Crippen LogP contribution in [0.25, 0.3) is 44.4 Å². The van der Waals surface area contributed by atoms with Crippen LogP contribution in [0.4, 0.5) is 11.4 Å². The van der Waals surface area contributed by atoms with Gasteiger partial charge in [0, 0.05) is 32.4 Å². The van der Waals surface area contributed by atoms with Gasteiger partial charge in [0.25, 0.3) is 0 Å². The molecule has 44 heavy (non-hydrogen) atoms. The van der Waals surface area contributed by atoms with Crippen LogP contribution in [0.1, 0.15) is 36.9 Å². The first-order valence-electron chi connectivity index (χ1n) is 15.4. The molecule has 0 fully saturated rings. The second-order valence-electron chi connectivity index (χ2n) is 11.5. The molecule has 4 heteroatoms. The highest BCUT2D eigenvalue weighted by Gasteiger charge is 2.20. The molecule has 0 spiro atoms. The fourth-order valence-corrected chi connectivity index (χ4v) is 8.14. The van der Waals surface area contributed by atoms with Crippen LogP contribution in [0, 0.1) is 0 Å². The van der Waals surface area contributed by atoms with E-state index in [2.05, 4.69) is 119 Å². The lowest BCUT2D eigenvalue weighted by molar-refractivity contribution is 0.909. The molecule has 0 radical (unpaired) electrons. The zero-order valence-electron chi connectivity index (χ0n) is 24.6. The van der Waals surface area contributed by atoms with Crippen molar-refractivity contribution in [2.24, 2.45) is 4.99 Å². The number of hydrogen-bond donors (Lipinski definition) is 1. The van der Waals surface area contributed by atoms with E-state index >= 15 is 0 Å². The summed E-state index contributed by atoms with van der Waals surface area (Å²) >= 11 is 1.95. The molecule has 3 aromatic carbocycles. The number of thiophene rings is 1. The van der Waals surface area contributed by atoms with Crippen molar-refractivity contribution in [2.75, 3.05) is 5.32 Å². The third-order valence-electron chi connectivity index (χ3n) is 8.92. The number of benzene rings is 3. The van der Waals surface area contributed by atoms with Crippen molar-refractivity contribution in [3.8, 4) is 0 Å². The highest BCUT2D eigenvalue weighted by atomic mass is 32.1. The number of aliphatic imine (C=N–C) groups is 1. The second kappa shape index (κ2) is 11.3. The van der Waals surface area contributed by atoms with Gasteiger partial charge in [0.05, 0.1) is 22.6 Å². The van der Waals surface area contributed by atoms with Crippen LogP contribution in [0.3, 0.4) is 0 Å². The summed E-state index contributed by atoms with van der Waals surface area (Å²) in [5, 5.41) is 7.69. The zero-order valence-corrected chi connectivity index (χ0v) is 25.4. The van der Waals surface area contributed by atoms with Gasteiger partial charge in [0.2, 0.25) is 0 Å². The van der Waals surface area contributed by atoms with Gasteiger partial charge in [-0.25, -0.2) is 0 Å². The van der Waals surface area contributed by atoms with Gasteiger partial charge in [-0.15, -0.1) is 11.3 Å². The predicted molar refractivity (Wildman–Crippen MR) is 191 cm³/mol. The van der Waals surface area contributed by atoms with Gasteiger partial charge in [-0.3, -0.25) is 4.99 Å². The van der Waals surface area contributed by atoms with Gasteiger partial charge in [-0.1, -0.05) is 72.8 Å². The molecular weight excluding hydrogens is 555 g/mol. The first-order valence-corrected chi connectivity index (χ1v) is 16.2. The molecule has 8 rings (SSSR count). The minimum atomic E-state index is 0.834. The van der Waals surface area contributed by atoms with Crippen LogP contribution in [0.5, 0.6) is 0 Å². The van der Waals surface area contributed by atoms with Gasteiger partial charge < -0.3 is 9.88 Å². The SMILES string of the molecule is C=Nc1ccccc1NC1=CC=C(n2c3c(c4ccccc42)CC=C(C2=c4sc5ccccc5c4=CCCC2)C=C3)CC=C1. The summed E-state index contributed by atoms with van der Waals surface area (Å²) in [4.78, 5) is 4.18. The summed E-state index contributed by atoms with van der Waals surface area (Å²) < 4.78 is 5.30. The molecule has 3 aliphatic rings. The van der Waals surface area contributed by atoms with Gasteiger partial charge in [-0.05, 0) is 108 Å². The Hall–Kier alpha value is -4.93. The van der Waals surface area contributed by atoms with Crippen molar-refractivity contribution in [3.05, 3.63) is 142 Å². The Balaban J connectivity index is 1.22. The summed E-state index contributed by atoms with van der Waals surface area (Å²) in [6.45, 7) is 3.73. The molecule has 214 valence electrons. The standard InChI is InChI=1S/C40H33N3S/c1-41-35-17-6-7-18-36(35)42-28-11-10-12-29(24-23-28)43-37-19-8-4-14-31(37)32-25-21-27(22-26-38(32)43)30-13-2-3-16-34-33-15-5-9-20-39(33)44-40(30)34/h4-11,14-24,26,42H,1-3,12-13,25H2. The normalized spacial score (nSPS) is 16.2. The van der Waals surface area contributed by atoms with E-state index in [4.69, 9.17) is 0 Å². The first kappa shape index (κ1) is 26.7. The largest absolute Gasteiger partial charge is 0.354 e. The molecule has 0 saturated carbocycles. The van der Waals surface area contributed by atoms with E-state index in [9.17, 15) is 0 Å². The molecule has 0 amide bonds. The molecule has 5 aromatic rings. The number of hydrogen-bond acceptors (Lipinski definition) is 3. The van der Waals surface area contributed by atoms with Crippen LogP contribution in [0.2, 0.25) is 0 Å². The van der Waals surface area contributed by atoms with Crippen molar-refractivity contribution in [3.63, 3.8) is 0 Å². The third kappa shape index (κ3) is 4.63. The third-order valence-corrected chi connectivity index (χ3v) is 10.2. The highest BCUT2D eigenvalue weighted by molar-refractivity contribution is 7.17. The summed E-state index contributed by atoms with van der Waals surface area (Å²) in [5.74, 6) is 0. The van der Waals surface area contributed by atoms with E-state index in [0.717, 1.165) is 42.8 Å². The van der Waals surface area contributed by atoms with Crippen molar-refractivity contribution < 1.29 is 0 Å². The first-order chi connectivity index (χ1) is 21.8. The molecule has 0 unspecified atom stereocenters. The van der Waals surface area contributed by atoms with Crippen LogP contribution >= 0.6 is 11.3 Å². The van der Waals surface area contributed by atoms with Crippen LogP contribution in [-0.4, -0.2) is 11.3 Å². The smallest absolute Gasteiger partial charge is 0.0857 e. The van der Waals surface area contributed by atoms with Crippen molar-refractivity contribution in [2.45, 2.75) is 32.1 Å². The monoisotopic (exact) mass is 587 g/mol. The second-order valence-corrected chi connectivity index (χ2v) is 12.6. The lowest BCUT2D eigenvalue weighted by Gasteiger charge is -2.12. The minimum Gasteiger partial charge on any atom is -0.354 e.